The predicted molar refractivity (Wildman–Crippen MR) is 78.4 cm³/mol. The SMILES string of the molecule is C/C(=N\NC(N)=O)C1(C)N(O)C(C)(C)C(c2ccco2)=[N+]1[O-]. The highest BCUT2D eigenvalue weighted by atomic mass is 16.6. The number of nitrogens with one attached hydrogen (secondary N) is 1. The first kappa shape index (κ1) is 16.0. The third-order valence-corrected chi connectivity index (χ3v) is 3.89. The lowest BCUT2D eigenvalue weighted by Gasteiger charge is -2.32. The summed E-state index contributed by atoms with van der Waals surface area (Å²) in [6.45, 7) is 6.34. The molecule has 0 radical (unpaired) electrons. The van der Waals surface area contributed by atoms with Crippen molar-refractivity contribution in [1.29, 1.82) is 0 Å². The number of carbonyl (C=O) groups excluding carboxylic acids is 1. The molecule has 1 atom stereocenters. The molecule has 1 aromatic heterocycles. The van der Waals surface area contributed by atoms with E-state index < -0.39 is 17.2 Å². The second-order valence-electron chi connectivity index (χ2n) is 5.69. The number of rotatable bonds is 3. The standard InChI is InChI=1S/C13H19N5O4/c1-8(15-16-11(14)19)13(4)17(20)10(9-6-5-7-22-9)12(2,3)18(13)21/h5-7,21H,1-4H3,(H3,14,16,19)/b15-8+. The zero-order valence-electron chi connectivity index (χ0n) is 12.8. The summed E-state index contributed by atoms with van der Waals surface area (Å²) in [7, 11) is 0. The summed E-state index contributed by atoms with van der Waals surface area (Å²) in [4.78, 5) is 10.8. The molecule has 1 aromatic rings. The minimum atomic E-state index is -1.52. The van der Waals surface area contributed by atoms with Crippen LogP contribution in [-0.2, 0) is 0 Å². The van der Waals surface area contributed by atoms with Crippen LogP contribution in [0.5, 0.6) is 0 Å². The highest BCUT2D eigenvalue weighted by Gasteiger charge is 2.62. The van der Waals surface area contributed by atoms with Crippen LogP contribution in [-0.4, -0.2) is 43.7 Å². The summed E-state index contributed by atoms with van der Waals surface area (Å²) < 4.78 is 5.92. The Morgan fingerprint density at radius 2 is 2.18 bits per heavy atom. The van der Waals surface area contributed by atoms with E-state index in [1.165, 1.54) is 20.1 Å². The van der Waals surface area contributed by atoms with Crippen molar-refractivity contribution < 1.29 is 19.2 Å². The zero-order chi connectivity index (χ0) is 16.7. The molecular formula is C13H19N5O4. The molecule has 0 fully saturated rings. The fourth-order valence-corrected chi connectivity index (χ4v) is 2.56. The lowest BCUT2D eigenvalue weighted by atomic mass is 9.96. The third kappa shape index (κ3) is 2.14. The third-order valence-electron chi connectivity index (χ3n) is 3.89. The molecular weight excluding hydrogens is 290 g/mol. The van der Waals surface area contributed by atoms with E-state index in [0.717, 1.165) is 5.06 Å². The Bertz CT molecular complexity index is 649. The van der Waals surface area contributed by atoms with Gasteiger partial charge >= 0.3 is 6.03 Å². The van der Waals surface area contributed by atoms with Crippen LogP contribution in [0.4, 0.5) is 4.79 Å². The smallest absolute Gasteiger partial charge is 0.332 e. The number of nitrogens with two attached hydrogens (primary N) is 1. The number of carbonyl (C=O) groups is 1. The number of hydrogen-bond donors (Lipinski definition) is 3. The lowest BCUT2D eigenvalue weighted by molar-refractivity contribution is -0.560. The molecule has 0 bridgehead atoms. The zero-order valence-corrected chi connectivity index (χ0v) is 12.8. The fraction of sp³-hybridized carbons (Fsp3) is 0.462. The molecule has 0 aromatic carbocycles. The molecule has 4 N–H and O–H groups in total. The second kappa shape index (κ2) is 5.11. The van der Waals surface area contributed by atoms with Crippen molar-refractivity contribution in [2.45, 2.75) is 38.9 Å². The van der Waals surface area contributed by atoms with E-state index in [0.29, 0.717) is 10.5 Å². The van der Waals surface area contributed by atoms with Gasteiger partial charge in [-0.05, 0) is 32.9 Å². The van der Waals surface area contributed by atoms with E-state index in [9.17, 15) is 15.2 Å². The molecule has 2 rings (SSSR count). The number of nitrogens with zero attached hydrogens (tertiary/aromatic N) is 3. The van der Waals surface area contributed by atoms with Crippen molar-refractivity contribution in [3.63, 3.8) is 0 Å². The number of primary amides is 1. The molecule has 120 valence electrons. The summed E-state index contributed by atoms with van der Waals surface area (Å²) in [6, 6.07) is 2.42. The molecule has 0 aliphatic carbocycles. The van der Waals surface area contributed by atoms with Crippen LogP contribution in [0.25, 0.3) is 0 Å². The number of amides is 2. The van der Waals surface area contributed by atoms with Gasteiger partial charge in [0.2, 0.25) is 0 Å². The Morgan fingerprint density at radius 1 is 1.55 bits per heavy atom. The van der Waals surface area contributed by atoms with Crippen LogP contribution < -0.4 is 11.2 Å². The van der Waals surface area contributed by atoms with Gasteiger partial charge in [0, 0.05) is 6.92 Å². The van der Waals surface area contributed by atoms with Crippen molar-refractivity contribution in [2.75, 3.05) is 0 Å². The number of hydroxylamine groups is 3. The van der Waals surface area contributed by atoms with Crippen molar-refractivity contribution in [3.05, 3.63) is 29.4 Å². The molecule has 0 saturated carbocycles. The summed E-state index contributed by atoms with van der Waals surface area (Å²) in [5.41, 5.74) is 4.88. The first-order valence-corrected chi connectivity index (χ1v) is 6.61. The van der Waals surface area contributed by atoms with Gasteiger partial charge in [0.1, 0.15) is 11.3 Å². The van der Waals surface area contributed by atoms with E-state index >= 15 is 0 Å². The van der Waals surface area contributed by atoms with Crippen LogP contribution in [0.3, 0.4) is 0 Å². The van der Waals surface area contributed by atoms with E-state index in [-0.39, 0.29) is 11.4 Å². The molecule has 1 aliphatic rings. The predicted octanol–water partition coefficient (Wildman–Crippen LogP) is 0.823. The van der Waals surface area contributed by atoms with Crippen LogP contribution >= 0.6 is 0 Å². The van der Waals surface area contributed by atoms with Crippen LogP contribution in [0, 0.1) is 5.21 Å². The van der Waals surface area contributed by atoms with Crippen molar-refractivity contribution in [2.24, 2.45) is 10.8 Å². The minimum absolute atomic E-state index is 0.165. The lowest BCUT2D eigenvalue weighted by Crippen LogP contribution is -2.57. The van der Waals surface area contributed by atoms with E-state index in [4.69, 9.17) is 10.2 Å². The van der Waals surface area contributed by atoms with E-state index in [1.54, 1.807) is 26.0 Å². The Morgan fingerprint density at radius 3 is 2.68 bits per heavy atom. The van der Waals surface area contributed by atoms with E-state index in [1.807, 2.05) is 0 Å². The summed E-state index contributed by atoms with van der Waals surface area (Å²) in [5.74, 6) is 0.346. The number of hydrogen-bond acceptors (Lipinski definition) is 6. The summed E-state index contributed by atoms with van der Waals surface area (Å²) >= 11 is 0. The largest absolute Gasteiger partial charge is 0.622 e. The average molecular weight is 309 g/mol. The minimum Gasteiger partial charge on any atom is -0.622 e. The maximum absolute atomic E-state index is 12.8. The first-order chi connectivity index (χ1) is 10.1. The highest BCUT2D eigenvalue weighted by Crippen LogP contribution is 2.36. The van der Waals surface area contributed by atoms with Gasteiger partial charge < -0.3 is 20.6 Å². The maximum atomic E-state index is 12.8. The Hall–Kier alpha value is -2.39. The number of urea groups is 1. The molecule has 2 amide bonds. The maximum Gasteiger partial charge on any atom is 0.332 e. The molecule has 1 unspecified atom stereocenters. The molecule has 9 nitrogen and oxygen atoms in total. The summed E-state index contributed by atoms with van der Waals surface area (Å²) in [6.07, 6.45) is 1.44. The van der Waals surface area contributed by atoms with Crippen LogP contribution in [0.15, 0.2) is 27.9 Å². The molecule has 1 aliphatic heterocycles. The van der Waals surface area contributed by atoms with Gasteiger partial charge in [-0.1, -0.05) is 0 Å². The fourth-order valence-electron chi connectivity index (χ4n) is 2.56. The Balaban J connectivity index is 2.57. The van der Waals surface area contributed by atoms with Crippen LogP contribution in [0.1, 0.15) is 33.5 Å². The molecule has 0 spiro atoms. The monoisotopic (exact) mass is 309 g/mol. The van der Waals surface area contributed by atoms with Gasteiger partial charge in [-0.2, -0.15) is 9.84 Å². The van der Waals surface area contributed by atoms with Gasteiger partial charge in [0.05, 0.1) is 6.26 Å². The van der Waals surface area contributed by atoms with Gasteiger partial charge in [-0.25, -0.2) is 10.2 Å². The summed E-state index contributed by atoms with van der Waals surface area (Å²) in [5, 5.41) is 28.0. The second-order valence-corrected chi connectivity index (χ2v) is 5.69. The Kier molecular flexibility index (Phi) is 3.71. The normalized spacial score (nSPS) is 25.6. The number of furan rings is 1. The molecule has 22 heavy (non-hydrogen) atoms. The molecule has 2 heterocycles. The highest BCUT2D eigenvalue weighted by molar-refractivity contribution is 6.04. The Labute approximate surface area is 127 Å². The van der Waals surface area contributed by atoms with Gasteiger partial charge in [-0.3, -0.25) is 0 Å². The van der Waals surface area contributed by atoms with Crippen LogP contribution in [0.2, 0.25) is 0 Å². The molecule has 0 saturated heterocycles. The first-order valence-electron chi connectivity index (χ1n) is 6.61. The topological polar surface area (TPSA) is 130 Å². The number of hydrazone groups is 1. The van der Waals surface area contributed by atoms with Gasteiger partial charge in [0.25, 0.3) is 11.4 Å². The van der Waals surface area contributed by atoms with E-state index in [2.05, 4.69) is 10.5 Å². The van der Waals surface area contributed by atoms with Crippen molar-refractivity contribution in [1.82, 2.24) is 10.5 Å². The van der Waals surface area contributed by atoms with Gasteiger partial charge in [-0.15, -0.1) is 5.06 Å². The molecule has 9 heteroatoms. The van der Waals surface area contributed by atoms with Crippen molar-refractivity contribution >= 4 is 17.5 Å². The quantitative estimate of drug-likeness (QED) is 0.329. The van der Waals surface area contributed by atoms with Crippen molar-refractivity contribution in [3.8, 4) is 0 Å². The average Bonchev–Trinajstić information content (AvgIpc) is 2.99. The van der Waals surface area contributed by atoms with Gasteiger partial charge in [0.15, 0.2) is 5.76 Å².